The topological polar surface area (TPSA) is 118 Å². The van der Waals surface area contributed by atoms with Crippen molar-refractivity contribution in [1.82, 2.24) is 5.48 Å². The monoisotopic (exact) mass is 188 g/mol. The van der Waals surface area contributed by atoms with Crippen LogP contribution in [0.1, 0.15) is 19.3 Å². The predicted octanol–water partition coefficient (Wildman–Crippen LogP) is 0.899. The summed E-state index contributed by atoms with van der Waals surface area (Å²) in [7, 11) is 0. The van der Waals surface area contributed by atoms with Crippen LogP contribution in [0.15, 0.2) is 5.11 Å². The van der Waals surface area contributed by atoms with Crippen LogP contribution in [0.25, 0.3) is 10.4 Å². The largest absolute Gasteiger partial charge is 0.480 e. The summed E-state index contributed by atoms with van der Waals surface area (Å²) in [5, 5.41) is 20.1. The van der Waals surface area contributed by atoms with Crippen molar-refractivity contribution < 1.29 is 15.1 Å². The molecule has 0 aromatic heterocycles. The SMILES string of the molecule is [N-]=[N+]=NCCCC[C@H](NO)C(=O)O. The Balaban J connectivity index is 3.49. The second-order valence-corrected chi connectivity index (χ2v) is 2.47. The fourth-order valence-corrected chi connectivity index (χ4v) is 0.819. The second kappa shape index (κ2) is 7.35. The fraction of sp³-hybridized carbons (Fsp3) is 0.833. The van der Waals surface area contributed by atoms with Gasteiger partial charge in [0.15, 0.2) is 0 Å². The Morgan fingerprint density at radius 3 is 2.77 bits per heavy atom. The number of carbonyl (C=O) groups is 1. The molecule has 0 saturated carbocycles. The molecule has 7 heteroatoms. The summed E-state index contributed by atoms with van der Waals surface area (Å²) >= 11 is 0. The van der Waals surface area contributed by atoms with Crippen LogP contribution in [0, 0.1) is 0 Å². The van der Waals surface area contributed by atoms with Gasteiger partial charge in [0.1, 0.15) is 6.04 Å². The van der Waals surface area contributed by atoms with Crippen LogP contribution in [-0.2, 0) is 4.79 Å². The molecule has 0 spiro atoms. The number of carboxylic acid groups (broad SMARTS) is 1. The predicted molar refractivity (Wildman–Crippen MR) is 44.2 cm³/mol. The Kier molecular flexibility index (Phi) is 6.62. The third kappa shape index (κ3) is 5.92. The number of carboxylic acids is 1. The molecule has 7 nitrogen and oxygen atoms in total. The number of azide groups is 1. The lowest BCUT2D eigenvalue weighted by Crippen LogP contribution is -2.34. The van der Waals surface area contributed by atoms with E-state index in [1.54, 1.807) is 5.48 Å². The highest BCUT2D eigenvalue weighted by molar-refractivity contribution is 5.73. The molecule has 0 aliphatic heterocycles. The number of hydrogen-bond donors (Lipinski definition) is 3. The second-order valence-electron chi connectivity index (χ2n) is 2.47. The zero-order chi connectivity index (χ0) is 10.1. The molecule has 0 unspecified atom stereocenters. The molecule has 0 saturated heterocycles. The molecule has 0 radical (unpaired) electrons. The van der Waals surface area contributed by atoms with Crippen molar-refractivity contribution in [2.75, 3.05) is 6.54 Å². The highest BCUT2D eigenvalue weighted by Gasteiger charge is 2.14. The molecule has 0 amide bonds. The van der Waals surface area contributed by atoms with Gasteiger partial charge in [-0.05, 0) is 18.4 Å². The molecule has 0 fully saturated rings. The molecular weight excluding hydrogens is 176 g/mol. The molecule has 0 heterocycles. The van der Waals surface area contributed by atoms with Gasteiger partial charge >= 0.3 is 5.97 Å². The van der Waals surface area contributed by atoms with Gasteiger partial charge < -0.3 is 10.3 Å². The van der Waals surface area contributed by atoms with E-state index in [1.807, 2.05) is 0 Å². The number of nitrogens with one attached hydrogen (secondary N) is 1. The van der Waals surface area contributed by atoms with Crippen molar-refractivity contribution in [3.63, 3.8) is 0 Å². The number of hydrogen-bond acceptors (Lipinski definition) is 4. The van der Waals surface area contributed by atoms with Crippen LogP contribution in [0.5, 0.6) is 0 Å². The number of hydroxylamine groups is 1. The van der Waals surface area contributed by atoms with E-state index >= 15 is 0 Å². The first-order valence-corrected chi connectivity index (χ1v) is 3.85. The third-order valence-electron chi connectivity index (χ3n) is 1.52. The van der Waals surface area contributed by atoms with E-state index in [-0.39, 0.29) is 0 Å². The van der Waals surface area contributed by atoms with Crippen LogP contribution in [-0.4, -0.2) is 28.9 Å². The van der Waals surface area contributed by atoms with Gasteiger partial charge in [0.25, 0.3) is 0 Å². The Labute approximate surface area is 75.0 Å². The summed E-state index contributed by atoms with van der Waals surface area (Å²) in [5.41, 5.74) is 9.61. The number of unbranched alkanes of at least 4 members (excludes halogenated alkanes) is 1. The van der Waals surface area contributed by atoms with E-state index in [9.17, 15) is 4.79 Å². The van der Waals surface area contributed by atoms with E-state index in [1.165, 1.54) is 0 Å². The maximum atomic E-state index is 10.3. The highest BCUT2D eigenvalue weighted by Crippen LogP contribution is 2.01. The first-order chi connectivity index (χ1) is 6.22. The minimum absolute atomic E-state index is 0.312. The molecule has 1 atom stereocenters. The lowest BCUT2D eigenvalue weighted by atomic mass is 10.1. The van der Waals surface area contributed by atoms with Crippen molar-refractivity contribution in [3.8, 4) is 0 Å². The minimum atomic E-state index is -1.09. The Morgan fingerprint density at radius 1 is 1.62 bits per heavy atom. The molecular formula is C6H12N4O3. The molecule has 0 aromatic rings. The smallest absolute Gasteiger partial charge is 0.323 e. The average molecular weight is 188 g/mol. The van der Waals surface area contributed by atoms with Crippen molar-refractivity contribution in [3.05, 3.63) is 10.4 Å². The van der Waals surface area contributed by atoms with Gasteiger partial charge in [-0.1, -0.05) is 11.5 Å². The fourth-order valence-electron chi connectivity index (χ4n) is 0.819. The highest BCUT2D eigenvalue weighted by atomic mass is 16.5. The summed E-state index contributed by atoms with van der Waals surface area (Å²) in [4.78, 5) is 12.9. The summed E-state index contributed by atoms with van der Waals surface area (Å²) in [5.74, 6) is -1.09. The van der Waals surface area contributed by atoms with E-state index in [0.29, 0.717) is 25.8 Å². The molecule has 13 heavy (non-hydrogen) atoms. The zero-order valence-corrected chi connectivity index (χ0v) is 7.05. The van der Waals surface area contributed by atoms with Crippen molar-refractivity contribution in [2.45, 2.75) is 25.3 Å². The molecule has 0 aromatic carbocycles. The number of nitrogens with zero attached hydrogens (tertiary/aromatic N) is 3. The van der Waals surface area contributed by atoms with Gasteiger partial charge in [-0.25, -0.2) is 0 Å². The zero-order valence-electron chi connectivity index (χ0n) is 7.05. The van der Waals surface area contributed by atoms with Crippen molar-refractivity contribution in [1.29, 1.82) is 0 Å². The van der Waals surface area contributed by atoms with E-state index in [4.69, 9.17) is 15.8 Å². The van der Waals surface area contributed by atoms with Gasteiger partial charge in [0.2, 0.25) is 0 Å². The van der Waals surface area contributed by atoms with Gasteiger partial charge in [0.05, 0.1) is 0 Å². The van der Waals surface area contributed by atoms with E-state index in [0.717, 1.165) is 0 Å². The van der Waals surface area contributed by atoms with E-state index in [2.05, 4.69) is 10.0 Å². The summed E-state index contributed by atoms with van der Waals surface area (Å²) in [6.07, 6.45) is 1.52. The Bertz CT molecular complexity index is 202. The lowest BCUT2D eigenvalue weighted by molar-refractivity contribution is -0.142. The van der Waals surface area contributed by atoms with Crippen LogP contribution in [0.2, 0.25) is 0 Å². The number of aliphatic carboxylic acids is 1. The van der Waals surface area contributed by atoms with Crippen LogP contribution in [0.4, 0.5) is 0 Å². The van der Waals surface area contributed by atoms with Gasteiger partial charge in [-0.15, -0.1) is 0 Å². The third-order valence-corrected chi connectivity index (χ3v) is 1.52. The van der Waals surface area contributed by atoms with Gasteiger partial charge in [0, 0.05) is 11.5 Å². The van der Waals surface area contributed by atoms with Gasteiger partial charge in [-0.3, -0.25) is 4.79 Å². The normalized spacial score (nSPS) is 11.8. The van der Waals surface area contributed by atoms with Crippen LogP contribution >= 0.6 is 0 Å². The summed E-state index contributed by atoms with van der Waals surface area (Å²) in [6.45, 7) is 0.355. The summed E-state index contributed by atoms with van der Waals surface area (Å²) < 4.78 is 0. The quantitative estimate of drug-likeness (QED) is 0.181. The summed E-state index contributed by atoms with van der Waals surface area (Å²) in [6, 6.07) is -0.939. The maximum Gasteiger partial charge on any atom is 0.323 e. The Hall–Kier alpha value is -1.30. The van der Waals surface area contributed by atoms with Crippen molar-refractivity contribution in [2.24, 2.45) is 5.11 Å². The number of rotatable bonds is 7. The van der Waals surface area contributed by atoms with Crippen LogP contribution < -0.4 is 5.48 Å². The van der Waals surface area contributed by atoms with Crippen molar-refractivity contribution >= 4 is 5.97 Å². The lowest BCUT2D eigenvalue weighted by Gasteiger charge is -2.08. The standard InChI is InChI=1S/C6H12N4O3/c7-10-8-4-2-1-3-5(9-13)6(11)12/h5,9,13H,1-4H2,(H,11,12)/t5-/m0/s1. The molecule has 0 aliphatic carbocycles. The molecule has 74 valence electrons. The first kappa shape index (κ1) is 11.7. The van der Waals surface area contributed by atoms with Crippen LogP contribution in [0.3, 0.4) is 0 Å². The Morgan fingerprint density at radius 2 is 2.31 bits per heavy atom. The minimum Gasteiger partial charge on any atom is -0.480 e. The first-order valence-electron chi connectivity index (χ1n) is 3.85. The molecule has 0 bridgehead atoms. The van der Waals surface area contributed by atoms with E-state index < -0.39 is 12.0 Å². The van der Waals surface area contributed by atoms with Gasteiger partial charge in [-0.2, -0.15) is 5.48 Å². The maximum absolute atomic E-state index is 10.3. The molecule has 3 N–H and O–H groups in total. The molecule has 0 rings (SSSR count). The average Bonchev–Trinajstić information content (AvgIpc) is 2.10. The molecule has 0 aliphatic rings.